The third-order valence-corrected chi connectivity index (χ3v) is 4.67. The monoisotopic (exact) mass is 449 g/mol. The highest BCUT2D eigenvalue weighted by Gasteiger charge is 2.27. The van der Waals surface area contributed by atoms with Crippen molar-refractivity contribution in [2.45, 2.75) is 51.2 Å². The number of nitrogens with one attached hydrogen (secondary N) is 3. The van der Waals surface area contributed by atoms with E-state index in [1.54, 1.807) is 44.2 Å². The second kappa shape index (κ2) is 13.1. The second-order valence-corrected chi connectivity index (χ2v) is 7.70. The lowest BCUT2D eigenvalue weighted by Gasteiger charge is -2.22. The zero-order chi connectivity index (χ0) is 24.3. The molecule has 0 spiro atoms. The highest BCUT2D eigenvalue weighted by Crippen LogP contribution is 2.05. The lowest BCUT2D eigenvalue weighted by molar-refractivity contribution is -0.142. The molecule has 1 aromatic carbocycles. The van der Waals surface area contributed by atoms with Crippen LogP contribution in [0.2, 0.25) is 0 Å². The summed E-state index contributed by atoms with van der Waals surface area (Å²) in [6, 6.07) is 5.44. The number of nitrogens with two attached hydrogens (primary N) is 2. The molecule has 0 aliphatic carbocycles. The number of carbonyl (C=O) groups is 5. The average molecular weight is 450 g/mol. The van der Waals surface area contributed by atoms with Gasteiger partial charge >= 0.3 is 5.97 Å². The fraction of sp³-hybridized carbons (Fsp3) is 0.476. The Hall–Kier alpha value is -3.47. The summed E-state index contributed by atoms with van der Waals surface area (Å²) in [5.41, 5.74) is 11.5. The molecule has 1 aromatic rings. The van der Waals surface area contributed by atoms with Gasteiger partial charge in [-0.1, -0.05) is 44.2 Å². The third-order valence-electron chi connectivity index (χ3n) is 4.67. The normalized spacial score (nSPS) is 13.5. The predicted molar refractivity (Wildman–Crippen MR) is 116 cm³/mol. The molecule has 0 aliphatic rings. The number of primary amides is 1. The summed E-state index contributed by atoms with van der Waals surface area (Å²) < 4.78 is 0. The first kappa shape index (κ1) is 26.6. The van der Waals surface area contributed by atoms with Crippen LogP contribution in [0.3, 0.4) is 0 Å². The van der Waals surface area contributed by atoms with Gasteiger partial charge in [-0.05, 0) is 17.9 Å². The van der Waals surface area contributed by atoms with E-state index < -0.39 is 54.3 Å². The van der Waals surface area contributed by atoms with Crippen LogP contribution in [-0.2, 0) is 30.4 Å². The van der Waals surface area contributed by atoms with Crippen molar-refractivity contribution in [2.75, 3.05) is 6.54 Å². The molecule has 0 heterocycles. The van der Waals surface area contributed by atoms with Crippen LogP contribution in [0.5, 0.6) is 0 Å². The van der Waals surface area contributed by atoms with E-state index in [2.05, 4.69) is 16.0 Å². The van der Waals surface area contributed by atoms with Crippen LogP contribution in [0.1, 0.15) is 32.3 Å². The van der Waals surface area contributed by atoms with Gasteiger partial charge in [-0.25, -0.2) is 4.79 Å². The summed E-state index contributed by atoms with van der Waals surface area (Å²) in [5.74, 6) is -4.08. The number of rotatable bonds is 13. The summed E-state index contributed by atoms with van der Waals surface area (Å²) in [5, 5.41) is 16.6. The van der Waals surface area contributed by atoms with Gasteiger partial charge in [0.05, 0.1) is 12.6 Å². The first-order valence-electron chi connectivity index (χ1n) is 10.2. The SMILES string of the molecule is CC(C)C(N)C(=O)NCC(=O)NC(CCC(N)=O)C(=O)NC(Cc1ccccc1)C(=O)O. The number of carboxylic acid groups (broad SMARTS) is 1. The van der Waals surface area contributed by atoms with Gasteiger partial charge in [-0.15, -0.1) is 0 Å². The number of carbonyl (C=O) groups excluding carboxylic acids is 4. The molecule has 0 aliphatic heterocycles. The van der Waals surface area contributed by atoms with E-state index in [9.17, 15) is 29.1 Å². The summed E-state index contributed by atoms with van der Waals surface area (Å²) in [7, 11) is 0. The molecule has 4 amide bonds. The molecule has 1 rings (SSSR count). The standard InChI is InChI=1S/C21H31N5O6/c1-12(2)18(23)20(30)24-11-17(28)25-14(8-9-16(22)27)19(29)26-15(21(31)32)10-13-6-4-3-5-7-13/h3-7,12,14-15,18H,8-11,23H2,1-2H3,(H2,22,27)(H,24,30)(H,25,28)(H,26,29)(H,31,32). The molecule has 32 heavy (non-hydrogen) atoms. The Morgan fingerprint density at radius 3 is 2.12 bits per heavy atom. The molecule has 0 radical (unpaired) electrons. The van der Waals surface area contributed by atoms with Gasteiger partial charge in [-0.2, -0.15) is 0 Å². The molecule has 0 saturated carbocycles. The molecular weight excluding hydrogens is 418 g/mol. The van der Waals surface area contributed by atoms with Crippen molar-refractivity contribution in [3.8, 4) is 0 Å². The zero-order valence-corrected chi connectivity index (χ0v) is 18.2. The number of amides is 4. The first-order valence-corrected chi connectivity index (χ1v) is 10.2. The fourth-order valence-electron chi connectivity index (χ4n) is 2.71. The minimum Gasteiger partial charge on any atom is -0.480 e. The Morgan fingerprint density at radius 2 is 1.59 bits per heavy atom. The third kappa shape index (κ3) is 9.56. The summed E-state index contributed by atoms with van der Waals surface area (Å²) >= 11 is 0. The van der Waals surface area contributed by atoms with Gasteiger partial charge in [0.15, 0.2) is 0 Å². The van der Waals surface area contributed by atoms with Crippen molar-refractivity contribution in [1.82, 2.24) is 16.0 Å². The van der Waals surface area contributed by atoms with Crippen LogP contribution in [0.4, 0.5) is 0 Å². The maximum atomic E-state index is 12.7. The fourth-order valence-corrected chi connectivity index (χ4v) is 2.71. The van der Waals surface area contributed by atoms with Crippen molar-refractivity contribution in [3.05, 3.63) is 35.9 Å². The minimum absolute atomic E-state index is 0.0293. The molecule has 11 heteroatoms. The van der Waals surface area contributed by atoms with Crippen LogP contribution in [0.25, 0.3) is 0 Å². The maximum Gasteiger partial charge on any atom is 0.326 e. The second-order valence-electron chi connectivity index (χ2n) is 7.70. The Morgan fingerprint density at radius 1 is 0.969 bits per heavy atom. The molecular formula is C21H31N5O6. The van der Waals surface area contributed by atoms with Crippen LogP contribution in [-0.4, -0.2) is 59.4 Å². The Kier molecular flexibility index (Phi) is 10.8. The lowest BCUT2D eigenvalue weighted by Crippen LogP contribution is -2.54. The molecule has 0 saturated heterocycles. The van der Waals surface area contributed by atoms with E-state index in [0.717, 1.165) is 0 Å². The van der Waals surface area contributed by atoms with Crippen molar-refractivity contribution in [3.63, 3.8) is 0 Å². The van der Waals surface area contributed by atoms with Crippen molar-refractivity contribution in [2.24, 2.45) is 17.4 Å². The maximum absolute atomic E-state index is 12.7. The average Bonchev–Trinajstić information content (AvgIpc) is 2.74. The van der Waals surface area contributed by atoms with Crippen LogP contribution in [0, 0.1) is 5.92 Å². The van der Waals surface area contributed by atoms with Gasteiger partial charge in [-0.3, -0.25) is 19.2 Å². The van der Waals surface area contributed by atoms with E-state index in [1.165, 1.54) is 0 Å². The highest BCUT2D eigenvalue weighted by atomic mass is 16.4. The summed E-state index contributed by atoms with van der Waals surface area (Å²) in [6.07, 6.45) is -0.315. The Balaban J connectivity index is 2.79. The van der Waals surface area contributed by atoms with E-state index in [4.69, 9.17) is 11.5 Å². The summed E-state index contributed by atoms with van der Waals surface area (Å²) in [6.45, 7) is 3.07. The number of hydrogen-bond acceptors (Lipinski definition) is 6. The molecule has 0 aromatic heterocycles. The van der Waals surface area contributed by atoms with E-state index in [0.29, 0.717) is 5.56 Å². The lowest BCUT2D eigenvalue weighted by atomic mass is 10.0. The van der Waals surface area contributed by atoms with Gasteiger partial charge in [0, 0.05) is 12.8 Å². The largest absolute Gasteiger partial charge is 0.480 e. The van der Waals surface area contributed by atoms with Crippen LogP contribution >= 0.6 is 0 Å². The highest BCUT2D eigenvalue weighted by molar-refractivity contribution is 5.93. The van der Waals surface area contributed by atoms with Gasteiger partial charge in [0.25, 0.3) is 0 Å². The smallest absolute Gasteiger partial charge is 0.326 e. The van der Waals surface area contributed by atoms with Crippen molar-refractivity contribution < 1.29 is 29.1 Å². The van der Waals surface area contributed by atoms with E-state index in [1.807, 2.05) is 0 Å². The van der Waals surface area contributed by atoms with Gasteiger partial charge < -0.3 is 32.5 Å². The van der Waals surface area contributed by atoms with Gasteiger partial charge in [0.2, 0.25) is 23.6 Å². The molecule has 0 bridgehead atoms. The minimum atomic E-state index is -1.25. The Bertz CT molecular complexity index is 814. The molecule has 8 N–H and O–H groups in total. The van der Waals surface area contributed by atoms with Gasteiger partial charge in [0.1, 0.15) is 12.1 Å². The molecule has 11 nitrogen and oxygen atoms in total. The quantitative estimate of drug-likeness (QED) is 0.214. The topological polar surface area (TPSA) is 194 Å². The zero-order valence-electron chi connectivity index (χ0n) is 18.2. The predicted octanol–water partition coefficient (Wildman–Crippen LogP) is -1.35. The first-order chi connectivity index (χ1) is 15.0. The molecule has 176 valence electrons. The number of benzene rings is 1. The number of carboxylic acids is 1. The molecule has 0 fully saturated rings. The van der Waals surface area contributed by atoms with E-state index in [-0.39, 0.29) is 25.2 Å². The van der Waals surface area contributed by atoms with Crippen molar-refractivity contribution >= 4 is 29.6 Å². The Labute approximate surface area is 186 Å². The number of aliphatic carboxylic acids is 1. The molecule has 3 unspecified atom stereocenters. The van der Waals surface area contributed by atoms with E-state index >= 15 is 0 Å². The van der Waals surface area contributed by atoms with Crippen LogP contribution < -0.4 is 27.4 Å². The van der Waals surface area contributed by atoms with Crippen LogP contribution in [0.15, 0.2) is 30.3 Å². The summed E-state index contributed by atoms with van der Waals surface area (Å²) in [4.78, 5) is 59.6. The number of hydrogen-bond donors (Lipinski definition) is 6. The van der Waals surface area contributed by atoms with Crippen molar-refractivity contribution in [1.29, 1.82) is 0 Å². The molecule has 3 atom stereocenters.